The molecule has 0 saturated carbocycles. The number of benzene rings is 1. The van der Waals surface area contributed by atoms with Gasteiger partial charge < -0.3 is 5.73 Å². The summed E-state index contributed by atoms with van der Waals surface area (Å²) in [4.78, 5) is 4.09. The van der Waals surface area contributed by atoms with Crippen LogP contribution in [0.15, 0.2) is 43.2 Å². The van der Waals surface area contributed by atoms with E-state index in [4.69, 9.17) is 5.73 Å². The number of hydrogen-bond acceptors (Lipinski definition) is 2. The number of fused-ring (bicyclic) bond motifs is 1. The molecule has 0 saturated heterocycles. The summed E-state index contributed by atoms with van der Waals surface area (Å²) in [6.07, 6.45) is 3.56. The lowest BCUT2D eigenvalue weighted by Crippen LogP contribution is -1.95. The highest BCUT2D eigenvalue weighted by molar-refractivity contribution is 5.91. The second kappa shape index (κ2) is 2.90. The van der Waals surface area contributed by atoms with Gasteiger partial charge in [-0.3, -0.25) is 4.98 Å². The van der Waals surface area contributed by atoms with Gasteiger partial charge in [0.2, 0.25) is 0 Å². The molecule has 64 valence electrons. The van der Waals surface area contributed by atoms with E-state index in [2.05, 4.69) is 11.6 Å². The molecule has 2 nitrogen and oxygen atoms in total. The fourth-order valence-corrected chi connectivity index (χ4v) is 1.37. The van der Waals surface area contributed by atoms with Crippen LogP contribution in [0.5, 0.6) is 0 Å². The van der Waals surface area contributed by atoms with Gasteiger partial charge in [0.25, 0.3) is 0 Å². The zero-order valence-corrected chi connectivity index (χ0v) is 7.20. The van der Waals surface area contributed by atoms with E-state index in [0.29, 0.717) is 5.70 Å². The van der Waals surface area contributed by atoms with Crippen LogP contribution in [0.4, 0.5) is 0 Å². The van der Waals surface area contributed by atoms with Crippen molar-refractivity contribution in [3.8, 4) is 0 Å². The predicted octanol–water partition coefficient (Wildman–Crippen LogP) is 2.16. The van der Waals surface area contributed by atoms with Crippen LogP contribution in [0.25, 0.3) is 16.5 Å². The number of rotatable bonds is 1. The van der Waals surface area contributed by atoms with Gasteiger partial charge in [0.1, 0.15) is 0 Å². The van der Waals surface area contributed by atoms with Crippen molar-refractivity contribution in [2.45, 2.75) is 0 Å². The number of pyridine rings is 1. The molecule has 0 aliphatic carbocycles. The van der Waals surface area contributed by atoms with Crippen LogP contribution in [0.2, 0.25) is 0 Å². The quantitative estimate of drug-likeness (QED) is 0.712. The minimum absolute atomic E-state index is 0.560. The standard InChI is InChI=1S/C11H10N2/c1-8(12)11-7-13-6-9-4-2-3-5-10(9)11/h2-7H,1,12H2. The molecule has 2 N–H and O–H groups in total. The molecular formula is C11H10N2. The van der Waals surface area contributed by atoms with Crippen molar-refractivity contribution in [3.63, 3.8) is 0 Å². The number of hydrogen-bond donors (Lipinski definition) is 1. The molecule has 0 atom stereocenters. The van der Waals surface area contributed by atoms with Gasteiger partial charge >= 0.3 is 0 Å². The second-order valence-electron chi connectivity index (χ2n) is 2.93. The zero-order valence-electron chi connectivity index (χ0n) is 7.20. The van der Waals surface area contributed by atoms with E-state index in [1.54, 1.807) is 6.20 Å². The predicted molar refractivity (Wildman–Crippen MR) is 55.0 cm³/mol. The molecule has 0 fully saturated rings. The van der Waals surface area contributed by atoms with Crippen molar-refractivity contribution in [1.29, 1.82) is 0 Å². The van der Waals surface area contributed by atoms with Crippen molar-refractivity contribution >= 4 is 16.5 Å². The number of nitrogens with zero attached hydrogens (tertiary/aromatic N) is 1. The molecule has 1 aromatic carbocycles. The Morgan fingerprint density at radius 3 is 2.77 bits per heavy atom. The summed E-state index contributed by atoms with van der Waals surface area (Å²) < 4.78 is 0. The van der Waals surface area contributed by atoms with Gasteiger partial charge in [0.15, 0.2) is 0 Å². The van der Waals surface area contributed by atoms with Crippen LogP contribution in [-0.2, 0) is 0 Å². The molecular weight excluding hydrogens is 160 g/mol. The average molecular weight is 170 g/mol. The van der Waals surface area contributed by atoms with Gasteiger partial charge in [-0.25, -0.2) is 0 Å². The lowest BCUT2D eigenvalue weighted by Gasteiger charge is -2.03. The van der Waals surface area contributed by atoms with Gasteiger partial charge in [-0.1, -0.05) is 30.8 Å². The molecule has 2 aromatic rings. The number of nitrogens with two attached hydrogens (primary N) is 1. The summed E-state index contributed by atoms with van der Waals surface area (Å²) in [6, 6.07) is 7.99. The minimum atomic E-state index is 0.560. The van der Waals surface area contributed by atoms with Gasteiger partial charge in [0.05, 0.1) is 0 Å². The molecule has 0 bridgehead atoms. The Morgan fingerprint density at radius 1 is 1.23 bits per heavy atom. The van der Waals surface area contributed by atoms with Crippen LogP contribution in [0.1, 0.15) is 5.56 Å². The van der Waals surface area contributed by atoms with E-state index < -0.39 is 0 Å². The van der Waals surface area contributed by atoms with Gasteiger partial charge in [-0.15, -0.1) is 0 Å². The highest BCUT2D eigenvalue weighted by Gasteiger charge is 2.00. The maximum Gasteiger partial charge on any atom is 0.0367 e. The Hall–Kier alpha value is -1.83. The summed E-state index contributed by atoms with van der Waals surface area (Å²) in [6.45, 7) is 3.71. The van der Waals surface area contributed by atoms with E-state index in [0.717, 1.165) is 16.3 Å². The van der Waals surface area contributed by atoms with E-state index in [1.807, 2.05) is 30.5 Å². The molecule has 2 heteroatoms. The van der Waals surface area contributed by atoms with Gasteiger partial charge in [-0.05, 0) is 5.39 Å². The SMILES string of the molecule is C=C(N)c1cncc2ccccc12. The van der Waals surface area contributed by atoms with Crippen molar-refractivity contribution in [2.75, 3.05) is 0 Å². The summed E-state index contributed by atoms with van der Waals surface area (Å²) in [7, 11) is 0. The average Bonchev–Trinajstić information content (AvgIpc) is 2.17. The molecule has 0 amide bonds. The van der Waals surface area contributed by atoms with Gasteiger partial charge in [0, 0.05) is 29.0 Å². The fourth-order valence-electron chi connectivity index (χ4n) is 1.37. The highest BCUT2D eigenvalue weighted by atomic mass is 14.6. The Morgan fingerprint density at radius 2 is 2.00 bits per heavy atom. The summed E-state index contributed by atoms with van der Waals surface area (Å²) in [5.41, 5.74) is 7.12. The van der Waals surface area contributed by atoms with Crippen LogP contribution < -0.4 is 5.73 Å². The van der Waals surface area contributed by atoms with E-state index in [9.17, 15) is 0 Å². The molecule has 0 radical (unpaired) electrons. The first kappa shape index (κ1) is 7.80. The Kier molecular flexibility index (Phi) is 1.74. The van der Waals surface area contributed by atoms with Crippen LogP contribution in [0.3, 0.4) is 0 Å². The topological polar surface area (TPSA) is 38.9 Å². The summed E-state index contributed by atoms with van der Waals surface area (Å²) in [5, 5.41) is 2.19. The third-order valence-electron chi connectivity index (χ3n) is 2.01. The van der Waals surface area contributed by atoms with E-state index in [1.165, 1.54) is 0 Å². The molecule has 13 heavy (non-hydrogen) atoms. The molecule has 0 unspecified atom stereocenters. The number of aromatic nitrogens is 1. The lowest BCUT2D eigenvalue weighted by atomic mass is 10.1. The Balaban J connectivity index is 2.83. The third-order valence-corrected chi connectivity index (χ3v) is 2.01. The summed E-state index contributed by atoms with van der Waals surface area (Å²) in [5.74, 6) is 0. The van der Waals surface area contributed by atoms with E-state index >= 15 is 0 Å². The van der Waals surface area contributed by atoms with Crippen molar-refractivity contribution in [1.82, 2.24) is 4.98 Å². The highest BCUT2D eigenvalue weighted by Crippen LogP contribution is 2.19. The Bertz CT molecular complexity index is 455. The zero-order chi connectivity index (χ0) is 9.26. The first-order chi connectivity index (χ1) is 6.29. The Labute approximate surface area is 76.7 Å². The minimum Gasteiger partial charge on any atom is -0.399 e. The van der Waals surface area contributed by atoms with Crippen LogP contribution in [-0.4, -0.2) is 4.98 Å². The largest absolute Gasteiger partial charge is 0.399 e. The van der Waals surface area contributed by atoms with Crippen LogP contribution >= 0.6 is 0 Å². The molecule has 0 spiro atoms. The molecule has 1 aromatic heterocycles. The van der Waals surface area contributed by atoms with Crippen molar-refractivity contribution in [2.24, 2.45) is 5.73 Å². The molecule has 2 rings (SSSR count). The fraction of sp³-hybridized carbons (Fsp3) is 0. The summed E-state index contributed by atoms with van der Waals surface area (Å²) >= 11 is 0. The lowest BCUT2D eigenvalue weighted by molar-refractivity contribution is 1.34. The maximum absolute atomic E-state index is 5.65. The van der Waals surface area contributed by atoms with Crippen molar-refractivity contribution < 1.29 is 0 Å². The molecule has 0 aliphatic heterocycles. The third kappa shape index (κ3) is 1.26. The van der Waals surface area contributed by atoms with E-state index in [-0.39, 0.29) is 0 Å². The second-order valence-corrected chi connectivity index (χ2v) is 2.93. The smallest absolute Gasteiger partial charge is 0.0367 e. The first-order valence-corrected chi connectivity index (χ1v) is 4.06. The maximum atomic E-state index is 5.65. The first-order valence-electron chi connectivity index (χ1n) is 4.06. The molecule has 1 heterocycles. The van der Waals surface area contributed by atoms with Crippen molar-refractivity contribution in [3.05, 3.63) is 48.8 Å². The monoisotopic (exact) mass is 170 g/mol. The normalized spacial score (nSPS) is 10.2. The molecule has 0 aliphatic rings. The van der Waals surface area contributed by atoms with Crippen LogP contribution in [0, 0.1) is 0 Å². The van der Waals surface area contributed by atoms with Gasteiger partial charge in [-0.2, -0.15) is 0 Å².